The average Bonchev–Trinajstić information content (AvgIpc) is 2.53. The van der Waals surface area contributed by atoms with Gasteiger partial charge in [0.1, 0.15) is 12.2 Å². The number of thioether (sulfide) groups is 1. The van der Waals surface area contributed by atoms with E-state index in [-0.39, 0.29) is 5.91 Å². The Hall–Kier alpha value is -1.04. The van der Waals surface area contributed by atoms with Gasteiger partial charge in [-0.3, -0.25) is 9.89 Å². The molecule has 0 fully saturated rings. The van der Waals surface area contributed by atoms with Crippen LogP contribution in [0.2, 0.25) is 0 Å². The van der Waals surface area contributed by atoms with Gasteiger partial charge in [-0.25, -0.2) is 4.98 Å². The maximum atomic E-state index is 10.9. The van der Waals surface area contributed by atoms with Crippen molar-refractivity contribution in [3.05, 3.63) is 12.2 Å². The summed E-state index contributed by atoms with van der Waals surface area (Å²) in [6.45, 7) is 0.416. The molecule has 6 heteroatoms. The normalized spacial score (nSPS) is 9.75. The molecule has 0 aromatic carbocycles. The Morgan fingerprint density at radius 2 is 2.67 bits per heavy atom. The number of nitrogens with zero attached hydrogens (tertiary/aromatic N) is 2. The molecule has 1 aromatic heterocycles. The zero-order chi connectivity index (χ0) is 8.81. The van der Waals surface area contributed by atoms with Crippen LogP contribution >= 0.6 is 11.8 Å². The fourth-order valence-electron chi connectivity index (χ4n) is 0.680. The van der Waals surface area contributed by atoms with Crippen LogP contribution in [0.15, 0.2) is 6.33 Å². The third-order valence-corrected chi connectivity index (χ3v) is 1.74. The highest BCUT2D eigenvalue weighted by Gasteiger charge is 2.00. The first-order valence-electron chi connectivity index (χ1n) is 3.43. The minimum Gasteiger partial charge on any atom is -0.348 e. The van der Waals surface area contributed by atoms with Gasteiger partial charge in [-0.05, 0) is 6.26 Å². The number of rotatable bonds is 4. The smallest absolute Gasteiger partial charge is 0.230 e. The summed E-state index contributed by atoms with van der Waals surface area (Å²) < 4.78 is 0. The van der Waals surface area contributed by atoms with Crippen LogP contribution in [0, 0.1) is 0 Å². The van der Waals surface area contributed by atoms with Crippen LogP contribution in [0.3, 0.4) is 0 Å². The van der Waals surface area contributed by atoms with Crippen molar-refractivity contribution in [2.45, 2.75) is 6.54 Å². The number of hydrogen-bond acceptors (Lipinski definition) is 4. The van der Waals surface area contributed by atoms with Crippen LogP contribution < -0.4 is 5.32 Å². The molecule has 0 unspecified atom stereocenters. The molecular weight excluding hydrogens is 176 g/mol. The average molecular weight is 186 g/mol. The van der Waals surface area contributed by atoms with Crippen LogP contribution in [0.5, 0.6) is 0 Å². The number of H-pyrrole nitrogens is 1. The predicted molar refractivity (Wildman–Crippen MR) is 46.6 cm³/mol. The minimum absolute atomic E-state index is 0.0129. The summed E-state index contributed by atoms with van der Waals surface area (Å²) in [5, 5.41) is 9.00. The highest BCUT2D eigenvalue weighted by molar-refractivity contribution is 7.99. The molecule has 1 aromatic rings. The van der Waals surface area contributed by atoms with Crippen molar-refractivity contribution in [2.24, 2.45) is 0 Å². The van der Waals surface area contributed by atoms with Crippen molar-refractivity contribution in [3.63, 3.8) is 0 Å². The van der Waals surface area contributed by atoms with Gasteiger partial charge in [0, 0.05) is 0 Å². The summed E-state index contributed by atoms with van der Waals surface area (Å²) in [5.41, 5.74) is 0. The summed E-state index contributed by atoms with van der Waals surface area (Å²) >= 11 is 1.49. The molecule has 0 radical (unpaired) electrons. The second-order valence-electron chi connectivity index (χ2n) is 2.14. The first kappa shape index (κ1) is 9.05. The van der Waals surface area contributed by atoms with Gasteiger partial charge in [-0.2, -0.15) is 16.9 Å². The van der Waals surface area contributed by atoms with Gasteiger partial charge >= 0.3 is 0 Å². The number of aromatic nitrogens is 3. The lowest BCUT2D eigenvalue weighted by Gasteiger charge is -1.99. The first-order valence-corrected chi connectivity index (χ1v) is 4.82. The molecule has 0 aliphatic heterocycles. The largest absolute Gasteiger partial charge is 0.348 e. The van der Waals surface area contributed by atoms with E-state index in [0.717, 1.165) is 0 Å². The van der Waals surface area contributed by atoms with E-state index >= 15 is 0 Å². The Labute approximate surface area is 74.3 Å². The highest BCUT2D eigenvalue weighted by Crippen LogP contribution is 1.90. The molecule has 0 aliphatic rings. The summed E-state index contributed by atoms with van der Waals surface area (Å²) in [6.07, 6.45) is 3.30. The van der Waals surface area contributed by atoms with E-state index < -0.39 is 0 Å². The van der Waals surface area contributed by atoms with E-state index in [2.05, 4.69) is 20.5 Å². The number of carbonyl (C=O) groups is 1. The van der Waals surface area contributed by atoms with Crippen molar-refractivity contribution >= 4 is 17.7 Å². The van der Waals surface area contributed by atoms with E-state index in [0.29, 0.717) is 18.1 Å². The molecular formula is C6H10N4OS. The van der Waals surface area contributed by atoms with Crippen molar-refractivity contribution in [1.29, 1.82) is 0 Å². The Kier molecular flexibility index (Phi) is 3.59. The molecule has 0 saturated carbocycles. The van der Waals surface area contributed by atoms with Crippen LogP contribution in [0.1, 0.15) is 5.82 Å². The van der Waals surface area contributed by atoms with Gasteiger partial charge in [-0.1, -0.05) is 0 Å². The van der Waals surface area contributed by atoms with Crippen molar-refractivity contribution < 1.29 is 4.79 Å². The molecule has 1 heterocycles. The molecule has 12 heavy (non-hydrogen) atoms. The lowest BCUT2D eigenvalue weighted by molar-refractivity contribution is -0.118. The minimum atomic E-state index is 0.0129. The number of aromatic amines is 1. The van der Waals surface area contributed by atoms with E-state index in [4.69, 9.17) is 0 Å². The van der Waals surface area contributed by atoms with Crippen LogP contribution in [-0.4, -0.2) is 33.1 Å². The van der Waals surface area contributed by atoms with Gasteiger partial charge < -0.3 is 5.32 Å². The number of amides is 1. The van der Waals surface area contributed by atoms with Crippen LogP contribution in [-0.2, 0) is 11.3 Å². The topological polar surface area (TPSA) is 70.7 Å². The standard InChI is InChI=1S/C6H10N4OS/c1-12-3-6(11)7-2-5-8-4-9-10-5/h4H,2-3H2,1H3,(H,7,11)(H,8,9,10). The van der Waals surface area contributed by atoms with E-state index in [1.54, 1.807) is 0 Å². The van der Waals surface area contributed by atoms with Crippen LogP contribution in [0.4, 0.5) is 0 Å². The number of nitrogens with one attached hydrogen (secondary N) is 2. The van der Waals surface area contributed by atoms with E-state index in [1.807, 2.05) is 6.26 Å². The second-order valence-corrected chi connectivity index (χ2v) is 3.01. The molecule has 1 rings (SSSR count). The molecule has 2 N–H and O–H groups in total. The zero-order valence-corrected chi connectivity index (χ0v) is 7.52. The quantitative estimate of drug-likeness (QED) is 0.682. The Bertz CT molecular complexity index is 236. The molecule has 0 aliphatic carbocycles. The van der Waals surface area contributed by atoms with Crippen molar-refractivity contribution in [3.8, 4) is 0 Å². The first-order chi connectivity index (χ1) is 5.83. The van der Waals surface area contributed by atoms with Crippen molar-refractivity contribution in [1.82, 2.24) is 20.5 Å². The maximum absolute atomic E-state index is 10.9. The SMILES string of the molecule is CSCC(=O)NCc1ncn[nH]1. The van der Waals surface area contributed by atoms with Gasteiger partial charge in [-0.15, -0.1) is 0 Å². The Morgan fingerprint density at radius 3 is 3.25 bits per heavy atom. The maximum Gasteiger partial charge on any atom is 0.230 e. The molecule has 1 amide bonds. The summed E-state index contributed by atoms with van der Waals surface area (Å²) in [4.78, 5) is 14.8. The molecule has 0 spiro atoms. The predicted octanol–water partition coefficient (Wildman–Crippen LogP) is -0.216. The fourth-order valence-corrected chi connectivity index (χ4v) is 1.04. The monoisotopic (exact) mass is 186 g/mol. The summed E-state index contributed by atoms with van der Waals surface area (Å²) in [7, 11) is 0. The lowest BCUT2D eigenvalue weighted by Crippen LogP contribution is -2.24. The van der Waals surface area contributed by atoms with Gasteiger partial charge in [0.25, 0.3) is 0 Å². The Balaban J connectivity index is 2.22. The van der Waals surface area contributed by atoms with Gasteiger partial charge in [0.2, 0.25) is 5.91 Å². The lowest BCUT2D eigenvalue weighted by atomic mass is 10.5. The fraction of sp³-hybridized carbons (Fsp3) is 0.500. The third-order valence-electron chi connectivity index (χ3n) is 1.19. The molecule has 66 valence electrons. The van der Waals surface area contributed by atoms with Crippen molar-refractivity contribution in [2.75, 3.05) is 12.0 Å². The van der Waals surface area contributed by atoms with E-state index in [1.165, 1.54) is 18.1 Å². The van der Waals surface area contributed by atoms with Gasteiger partial charge in [0.15, 0.2) is 0 Å². The number of hydrogen-bond donors (Lipinski definition) is 2. The summed E-state index contributed by atoms with van der Waals surface area (Å²) in [6, 6.07) is 0. The highest BCUT2D eigenvalue weighted by atomic mass is 32.2. The number of carbonyl (C=O) groups excluding carboxylic acids is 1. The third kappa shape index (κ3) is 2.91. The summed E-state index contributed by atoms with van der Waals surface area (Å²) in [5.74, 6) is 1.16. The van der Waals surface area contributed by atoms with Crippen LogP contribution in [0.25, 0.3) is 0 Å². The Morgan fingerprint density at radius 1 is 1.83 bits per heavy atom. The second kappa shape index (κ2) is 4.76. The zero-order valence-electron chi connectivity index (χ0n) is 6.70. The van der Waals surface area contributed by atoms with E-state index in [9.17, 15) is 4.79 Å². The molecule has 5 nitrogen and oxygen atoms in total. The molecule has 0 saturated heterocycles. The van der Waals surface area contributed by atoms with Gasteiger partial charge in [0.05, 0.1) is 12.3 Å². The molecule has 0 atom stereocenters. The molecule has 0 bridgehead atoms.